The minimum absolute atomic E-state index is 0.155. The summed E-state index contributed by atoms with van der Waals surface area (Å²) in [6, 6.07) is 6.96. The van der Waals surface area contributed by atoms with Crippen molar-refractivity contribution in [1.82, 2.24) is 5.32 Å². The van der Waals surface area contributed by atoms with Gasteiger partial charge in [-0.1, -0.05) is 0 Å². The van der Waals surface area contributed by atoms with Gasteiger partial charge in [0.25, 0.3) is 0 Å². The van der Waals surface area contributed by atoms with E-state index in [9.17, 15) is 9.90 Å². The highest BCUT2D eigenvalue weighted by Crippen LogP contribution is 2.18. The molecule has 0 aromatic heterocycles. The van der Waals surface area contributed by atoms with Crippen molar-refractivity contribution in [3.63, 3.8) is 0 Å². The van der Waals surface area contributed by atoms with Crippen LogP contribution >= 0.6 is 0 Å². The van der Waals surface area contributed by atoms with Gasteiger partial charge < -0.3 is 21.5 Å². The number of carbonyl (C=O) groups excluding carboxylic acids is 1. The lowest BCUT2D eigenvalue weighted by Gasteiger charge is -2.26. The van der Waals surface area contributed by atoms with Crippen LogP contribution in [0.15, 0.2) is 24.3 Å². The number of nitrogen functional groups attached to an aromatic ring is 1. The fourth-order valence-corrected chi connectivity index (χ4v) is 2.14. The maximum Gasteiger partial charge on any atom is 0.319 e. The van der Waals surface area contributed by atoms with Crippen molar-refractivity contribution in [2.45, 2.75) is 37.8 Å². The Labute approximate surface area is 106 Å². The van der Waals surface area contributed by atoms with Gasteiger partial charge in [0.15, 0.2) is 0 Å². The lowest BCUT2D eigenvalue weighted by atomic mass is 9.93. The molecule has 0 spiro atoms. The van der Waals surface area contributed by atoms with Crippen molar-refractivity contribution in [2.75, 3.05) is 11.1 Å². The third-order valence-corrected chi connectivity index (χ3v) is 3.20. The van der Waals surface area contributed by atoms with Crippen LogP contribution in [0.1, 0.15) is 25.7 Å². The average Bonchev–Trinajstić information content (AvgIpc) is 2.35. The van der Waals surface area contributed by atoms with Gasteiger partial charge in [0.1, 0.15) is 0 Å². The molecule has 0 aliphatic heterocycles. The summed E-state index contributed by atoms with van der Waals surface area (Å²) in [6.45, 7) is 0. The maximum absolute atomic E-state index is 11.7. The number of nitrogens with one attached hydrogen (secondary N) is 2. The summed E-state index contributed by atoms with van der Waals surface area (Å²) in [4.78, 5) is 11.7. The zero-order valence-corrected chi connectivity index (χ0v) is 10.2. The topological polar surface area (TPSA) is 87.4 Å². The smallest absolute Gasteiger partial charge is 0.319 e. The van der Waals surface area contributed by atoms with Crippen molar-refractivity contribution in [3.05, 3.63) is 24.3 Å². The van der Waals surface area contributed by atoms with Crippen LogP contribution < -0.4 is 16.4 Å². The SMILES string of the molecule is Nc1ccc(NC(=O)NC2CCC(O)CC2)cc1. The summed E-state index contributed by atoms with van der Waals surface area (Å²) in [5.41, 5.74) is 6.96. The Morgan fingerprint density at radius 1 is 1.17 bits per heavy atom. The van der Waals surface area contributed by atoms with Crippen LogP contribution in [0.25, 0.3) is 0 Å². The number of aliphatic hydroxyl groups is 1. The lowest BCUT2D eigenvalue weighted by Crippen LogP contribution is -2.40. The minimum atomic E-state index is -0.207. The third-order valence-electron chi connectivity index (χ3n) is 3.20. The first kappa shape index (κ1) is 12.7. The lowest BCUT2D eigenvalue weighted by molar-refractivity contribution is 0.118. The molecule has 1 aliphatic carbocycles. The predicted molar refractivity (Wildman–Crippen MR) is 71.3 cm³/mol. The van der Waals surface area contributed by atoms with Gasteiger partial charge in [-0.05, 0) is 49.9 Å². The number of carbonyl (C=O) groups is 1. The molecule has 0 saturated heterocycles. The third kappa shape index (κ3) is 3.63. The molecule has 0 bridgehead atoms. The Bertz CT molecular complexity index is 397. The van der Waals surface area contributed by atoms with Crippen LogP contribution in [0.5, 0.6) is 0 Å². The molecule has 0 atom stereocenters. The molecule has 1 aromatic carbocycles. The predicted octanol–water partition coefficient (Wildman–Crippen LogP) is 1.69. The van der Waals surface area contributed by atoms with Crippen molar-refractivity contribution >= 4 is 17.4 Å². The first-order valence-electron chi connectivity index (χ1n) is 6.24. The van der Waals surface area contributed by atoms with Gasteiger partial charge >= 0.3 is 6.03 Å². The highest BCUT2D eigenvalue weighted by molar-refractivity contribution is 5.89. The number of anilines is 2. The number of amides is 2. The normalized spacial score (nSPS) is 23.4. The van der Waals surface area contributed by atoms with E-state index >= 15 is 0 Å². The highest BCUT2D eigenvalue weighted by atomic mass is 16.3. The van der Waals surface area contributed by atoms with E-state index in [1.165, 1.54) is 0 Å². The number of benzene rings is 1. The Kier molecular flexibility index (Phi) is 4.04. The Morgan fingerprint density at radius 2 is 1.78 bits per heavy atom. The van der Waals surface area contributed by atoms with Gasteiger partial charge in [-0.25, -0.2) is 4.79 Å². The molecule has 5 heteroatoms. The van der Waals surface area contributed by atoms with Gasteiger partial charge in [-0.2, -0.15) is 0 Å². The number of rotatable bonds is 2. The second-order valence-electron chi connectivity index (χ2n) is 4.73. The van der Waals surface area contributed by atoms with E-state index in [2.05, 4.69) is 10.6 Å². The van der Waals surface area contributed by atoms with Crippen LogP contribution in [-0.2, 0) is 0 Å². The van der Waals surface area contributed by atoms with Crippen LogP contribution in [0, 0.1) is 0 Å². The zero-order valence-electron chi connectivity index (χ0n) is 10.2. The van der Waals surface area contributed by atoms with E-state index in [1.54, 1.807) is 24.3 Å². The summed E-state index contributed by atoms with van der Waals surface area (Å²) in [7, 11) is 0. The number of hydrogen-bond acceptors (Lipinski definition) is 3. The second kappa shape index (κ2) is 5.73. The zero-order chi connectivity index (χ0) is 13.0. The maximum atomic E-state index is 11.7. The largest absolute Gasteiger partial charge is 0.399 e. The quantitative estimate of drug-likeness (QED) is 0.601. The molecule has 1 saturated carbocycles. The molecule has 18 heavy (non-hydrogen) atoms. The van der Waals surface area contributed by atoms with Crippen LogP contribution in [0.2, 0.25) is 0 Å². The molecule has 1 fully saturated rings. The molecule has 2 amide bonds. The summed E-state index contributed by atoms with van der Waals surface area (Å²) in [5, 5.41) is 15.1. The van der Waals surface area contributed by atoms with E-state index in [0.29, 0.717) is 5.69 Å². The van der Waals surface area contributed by atoms with Crippen molar-refractivity contribution in [2.24, 2.45) is 0 Å². The van der Waals surface area contributed by atoms with Crippen molar-refractivity contribution < 1.29 is 9.90 Å². The van der Waals surface area contributed by atoms with Crippen molar-refractivity contribution in [1.29, 1.82) is 0 Å². The standard InChI is InChI=1S/C13H19N3O2/c14-9-1-3-10(4-2-9)15-13(18)16-11-5-7-12(17)8-6-11/h1-4,11-12,17H,5-8,14H2,(H2,15,16,18). The number of hydrogen-bond donors (Lipinski definition) is 4. The molecule has 0 radical (unpaired) electrons. The van der Waals surface area contributed by atoms with E-state index in [4.69, 9.17) is 5.73 Å². The average molecular weight is 249 g/mol. The first-order valence-corrected chi connectivity index (χ1v) is 6.24. The molecule has 5 N–H and O–H groups in total. The Morgan fingerprint density at radius 3 is 2.39 bits per heavy atom. The highest BCUT2D eigenvalue weighted by Gasteiger charge is 2.20. The van der Waals surface area contributed by atoms with Crippen LogP contribution in [-0.4, -0.2) is 23.3 Å². The molecule has 5 nitrogen and oxygen atoms in total. The molecule has 0 unspecified atom stereocenters. The molecular formula is C13H19N3O2. The molecule has 98 valence electrons. The molecule has 0 heterocycles. The van der Waals surface area contributed by atoms with Gasteiger partial charge in [-0.3, -0.25) is 0 Å². The molecule has 2 rings (SSSR count). The molecular weight excluding hydrogens is 230 g/mol. The molecule has 1 aliphatic rings. The monoisotopic (exact) mass is 249 g/mol. The van der Waals surface area contributed by atoms with E-state index in [0.717, 1.165) is 31.4 Å². The van der Waals surface area contributed by atoms with Gasteiger partial charge in [0.05, 0.1) is 6.10 Å². The number of nitrogens with two attached hydrogens (primary N) is 1. The van der Waals surface area contributed by atoms with Crippen molar-refractivity contribution in [3.8, 4) is 0 Å². The van der Waals surface area contributed by atoms with Crippen LogP contribution in [0.4, 0.5) is 16.2 Å². The fraction of sp³-hybridized carbons (Fsp3) is 0.462. The summed E-state index contributed by atoms with van der Waals surface area (Å²) < 4.78 is 0. The van der Waals surface area contributed by atoms with Gasteiger partial charge in [0.2, 0.25) is 0 Å². The van der Waals surface area contributed by atoms with Gasteiger partial charge in [-0.15, -0.1) is 0 Å². The minimum Gasteiger partial charge on any atom is -0.399 e. The van der Waals surface area contributed by atoms with E-state index in [1.807, 2.05) is 0 Å². The number of urea groups is 1. The van der Waals surface area contributed by atoms with Crippen LogP contribution in [0.3, 0.4) is 0 Å². The Hall–Kier alpha value is -1.75. The van der Waals surface area contributed by atoms with E-state index in [-0.39, 0.29) is 18.2 Å². The summed E-state index contributed by atoms with van der Waals surface area (Å²) >= 11 is 0. The second-order valence-corrected chi connectivity index (χ2v) is 4.73. The summed E-state index contributed by atoms with van der Waals surface area (Å²) in [5.74, 6) is 0. The Balaban J connectivity index is 1.80. The van der Waals surface area contributed by atoms with E-state index < -0.39 is 0 Å². The number of aliphatic hydroxyl groups excluding tert-OH is 1. The fourth-order valence-electron chi connectivity index (χ4n) is 2.14. The van der Waals surface area contributed by atoms with Gasteiger partial charge in [0, 0.05) is 17.4 Å². The summed E-state index contributed by atoms with van der Waals surface area (Å²) in [6.07, 6.45) is 2.97. The first-order chi connectivity index (χ1) is 8.63. The molecule has 1 aromatic rings.